The fourth-order valence-corrected chi connectivity index (χ4v) is 2.71. The average Bonchev–Trinajstić information content (AvgIpc) is 2.88. The van der Waals surface area contributed by atoms with Gasteiger partial charge < -0.3 is 14.6 Å². The lowest BCUT2D eigenvalue weighted by atomic mass is 10.1. The van der Waals surface area contributed by atoms with Gasteiger partial charge in [-0.3, -0.25) is 9.69 Å². The first kappa shape index (κ1) is 15.4. The molecule has 1 N–H and O–H groups in total. The van der Waals surface area contributed by atoms with E-state index in [9.17, 15) is 4.79 Å². The van der Waals surface area contributed by atoms with Crippen LogP contribution in [0.4, 0.5) is 5.69 Å². The van der Waals surface area contributed by atoms with E-state index in [0.29, 0.717) is 24.7 Å². The number of nitrogens with one attached hydrogen (secondary N) is 1. The lowest BCUT2D eigenvalue weighted by Gasteiger charge is -2.32. The van der Waals surface area contributed by atoms with E-state index in [2.05, 4.69) is 20.5 Å². The fraction of sp³-hybridized carbons (Fsp3) is 0.467. The third-order valence-corrected chi connectivity index (χ3v) is 4.12. The number of aromatic nitrogens is 4. The molecule has 0 radical (unpaired) electrons. The van der Waals surface area contributed by atoms with Crippen LogP contribution in [-0.4, -0.2) is 50.8 Å². The summed E-state index contributed by atoms with van der Waals surface area (Å²) in [4.78, 5) is 18.9. The minimum absolute atomic E-state index is 0.0682. The van der Waals surface area contributed by atoms with E-state index in [1.165, 1.54) is 0 Å². The zero-order valence-corrected chi connectivity index (χ0v) is 13.7. The Morgan fingerprint density at radius 1 is 1.35 bits per heavy atom. The number of ether oxygens (including phenoxy) is 1. The number of nitrogens with zero attached hydrogens (tertiary/aromatic N) is 5. The Morgan fingerprint density at radius 3 is 2.83 bits per heavy atom. The van der Waals surface area contributed by atoms with Gasteiger partial charge in [-0.1, -0.05) is 0 Å². The minimum Gasteiger partial charge on any atom is -0.481 e. The van der Waals surface area contributed by atoms with Gasteiger partial charge in [0.15, 0.2) is 0 Å². The number of rotatable bonds is 3. The molecule has 1 atom stereocenters. The second-order valence-electron chi connectivity index (χ2n) is 5.68. The molecule has 1 aliphatic heterocycles. The van der Waals surface area contributed by atoms with E-state index in [4.69, 9.17) is 4.74 Å². The van der Waals surface area contributed by atoms with Crippen LogP contribution in [0.2, 0.25) is 0 Å². The molecule has 1 amide bonds. The molecule has 0 fully saturated rings. The van der Waals surface area contributed by atoms with Gasteiger partial charge in [0, 0.05) is 6.07 Å². The molecule has 3 heterocycles. The van der Waals surface area contributed by atoms with E-state index in [1.54, 1.807) is 19.2 Å². The molecule has 0 spiro atoms. The van der Waals surface area contributed by atoms with E-state index in [1.807, 2.05) is 30.4 Å². The molecule has 3 rings (SSSR count). The highest BCUT2D eigenvalue weighted by molar-refractivity contribution is 5.95. The molecule has 0 aromatic carbocycles. The number of carbonyl (C=O) groups excluding carboxylic acids is 1. The molecular formula is C15H20N6O2. The summed E-state index contributed by atoms with van der Waals surface area (Å²) < 4.78 is 7.07. The minimum atomic E-state index is -0.279. The van der Waals surface area contributed by atoms with E-state index in [0.717, 1.165) is 17.3 Å². The average molecular weight is 316 g/mol. The number of likely N-dealkylation sites (N-methyl/N-ethyl adjacent to an activating group) is 1. The Hall–Kier alpha value is -2.48. The van der Waals surface area contributed by atoms with Crippen LogP contribution in [0.3, 0.4) is 0 Å². The maximum Gasteiger partial charge on any atom is 0.243 e. The van der Waals surface area contributed by atoms with Crippen LogP contribution >= 0.6 is 0 Å². The van der Waals surface area contributed by atoms with Crippen molar-refractivity contribution in [1.82, 2.24) is 24.6 Å². The Bertz CT molecular complexity index is 742. The first-order valence-corrected chi connectivity index (χ1v) is 7.41. The first-order valence-electron chi connectivity index (χ1n) is 7.41. The Labute approximate surface area is 134 Å². The monoisotopic (exact) mass is 316 g/mol. The van der Waals surface area contributed by atoms with Crippen LogP contribution in [0.15, 0.2) is 12.1 Å². The summed E-state index contributed by atoms with van der Waals surface area (Å²) in [7, 11) is 3.48. The van der Waals surface area contributed by atoms with Crippen molar-refractivity contribution in [3.63, 3.8) is 0 Å². The number of aryl methyl sites for hydroxylation is 2. The molecular weight excluding hydrogens is 296 g/mol. The molecule has 23 heavy (non-hydrogen) atoms. The van der Waals surface area contributed by atoms with E-state index < -0.39 is 0 Å². The van der Waals surface area contributed by atoms with Crippen molar-refractivity contribution in [3.05, 3.63) is 29.5 Å². The number of hydrogen-bond acceptors (Lipinski definition) is 6. The second-order valence-corrected chi connectivity index (χ2v) is 5.68. The van der Waals surface area contributed by atoms with Crippen molar-refractivity contribution in [2.75, 3.05) is 19.5 Å². The lowest BCUT2D eigenvalue weighted by molar-refractivity contribution is -0.122. The molecule has 8 nitrogen and oxygen atoms in total. The third kappa shape index (κ3) is 2.89. The first-order chi connectivity index (χ1) is 11.0. The standard InChI is InChI=1S/C15H20N6O2/c1-9-11(5-6-14(16-9)23-4)17-15(22)12-7-21-10(2)18-19-13(21)8-20(12)3/h5-6,12H,7-8H2,1-4H3,(H,17,22). The summed E-state index contributed by atoms with van der Waals surface area (Å²) in [5.41, 5.74) is 1.41. The summed E-state index contributed by atoms with van der Waals surface area (Å²) in [6.07, 6.45) is 0. The van der Waals surface area contributed by atoms with Crippen molar-refractivity contribution in [3.8, 4) is 5.88 Å². The summed E-state index contributed by atoms with van der Waals surface area (Å²) in [5, 5.41) is 11.2. The zero-order chi connectivity index (χ0) is 16.6. The van der Waals surface area contributed by atoms with Crippen LogP contribution in [0.5, 0.6) is 5.88 Å². The van der Waals surface area contributed by atoms with Crippen molar-refractivity contribution in [2.45, 2.75) is 33.0 Å². The maximum absolute atomic E-state index is 12.7. The summed E-state index contributed by atoms with van der Waals surface area (Å²) in [6.45, 7) is 4.87. The fourth-order valence-electron chi connectivity index (χ4n) is 2.71. The molecule has 1 aliphatic rings. The Balaban J connectivity index is 1.77. The quantitative estimate of drug-likeness (QED) is 0.899. The van der Waals surface area contributed by atoms with Crippen LogP contribution in [0.1, 0.15) is 17.3 Å². The summed E-state index contributed by atoms with van der Waals surface area (Å²) >= 11 is 0. The number of anilines is 1. The van der Waals surface area contributed by atoms with Crippen LogP contribution in [-0.2, 0) is 17.9 Å². The topological polar surface area (TPSA) is 85.2 Å². The van der Waals surface area contributed by atoms with Gasteiger partial charge in [0.25, 0.3) is 0 Å². The molecule has 122 valence electrons. The smallest absolute Gasteiger partial charge is 0.243 e. The predicted octanol–water partition coefficient (Wildman–Crippen LogP) is 0.751. The van der Waals surface area contributed by atoms with Crippen molar-refractivity contribution in [2.24, 2.45) is 0 Å². The third-order valence-electron chi connectivity index (χ3n) is 4.12. The van der Waals surface area contributed by atoms with Gasteiger partial charge in [0.05, 0.1) is 31.6 Å². The number of carbonyl (C=O) groups is 1. The Morgan fingerprint density at radius 2 is 2.13 bits per heavy atom. The van der Waals surface area contributed by atoms with Crippen LogP contribution in [0.25, 0.3) is 0 Å². The zero-order valence-electron chi connectivity index (χ0n) is 13.7. The molecule has 1 unspecified atom stereocenters. The molecule has 8 heteroatoms. The maximum atomic E-state index is 12.7. The van der Waals surface area contributed by atoms with E-state index in [-0.39, 0.29) is 11.9 Å². The second kappa shape index (κ2) is 5.96. The van der Waals surface area contributed by atoms with Gasteiger partial charge in [0.1, 0.15) is 17.7 Å². The van der Waals surface area contributed by atoms with Crippen molar-refractivity contribution in [1.29, 1.82) is 0 Å². The van der Waals surface area contributed by atoms with Gasteiger partial charge in [-0.05, 0) is 27.0 Å². The predicted molar refractivity (Wildman–Crippen MR) is 84.2 cm³/mol. The van der Waals surface area contributed by atoms with Crippen LogP contribution in [0, 0.1) is 13.8 Å². The SMILES string of the molecule is COc1ccc(NC(=O)C2Cn3c(C)nnc3CN2C)c(C)n1. The van der Waals surface area contributed by atoms with E-state index >= 15 is 0 Å². The van der Waals surface area contributed by atoms with Gasteiger partial charge in [-0.25, -0.2) is 4.98 Å². The van der Waals surface area contributed by atoms with Crippen molar-refractivity contribution < 1.29 is 9.53 Å². The normalized spacial score (nSPS) is 17.7. The number of fused-ring (bicyclic) bond motifs is 1. The highest BCUT2D eigenvalue weighted by Crippen LogP contribution is 2.20. The van der Waals surface area contributed by atoms with Crippen molar-refractivity contribution >= 4 is 11.6 Å². The highest BCUT2D eigenvalue weighted by atomic mass is 16.5. The molecule has 0 saturated carbocycles. The molecule has 2 aromatic heterocycles. The largest absolute Gasteiger partial charge is 0.481 e. The molecule has 2 aromatic rings. The summed E-state index contributed by atoms with van der Waals surface area (Å²) in [5.74, 6) is 2.17. The number of amides is 1. The van der Waals surface area contributed by atoms with Gasteiger partial charge >= 0.3 is 0 Å². The van der Waals surface area contributed by atoms with Gasteiger partial charge in [-0.15, -0.1) is 10.2 Å². The molecule has 0 aliphatic carbocycles. The summed E-state index contributed by atoms with van der Waals surface area (Å²) in [6, 6.07) is 3.26. The highest BCUT2D eigenvalue weighted by Gasteiger charge is 2.31. The lowest BCUT2D eigenvalue weighted by Crippen LogP contribution is -2.48. The Kier molecular flexibility index (Phi) is 3.99. The number of hydrogen-bond donors (Lipinski definition) is 1. The number of pyridine rings is 1. The molecule has 0 bridgehead atoms. The van der Waals surface area contributed by atoms with Gasteiger partial charge in [-0.2, -0.15) is 0 Å². The number of methoxy groups -OCH3 is 1. The van der Waals surface area contributed by atoms with Crippen LogP contribution < -0.4 is 10.1 Å². The molecule has 0 saturated heterocycles. The van der Waals surface area contributed by atoms with Gasteiger partial charge in [0.2, 0.25) is 11.8 Å².